The van der Waals surface area contributed by atoms with Crippen LogP contribution < -0.4 is 24.8 Å². The molecule has 2 N–H and O–H groups in total. The van der Waals surface area contributed by atoms with Crippen LogP contribution in [0.4, 0.5) is 5.69 Å². The number of hydrogen-bond acceptors (Lipinski definition) is 5. The SMILES string of the molecule is COc1ccc(NC[C@H](C)NC(=O)C2(Oc3ccc(Oc4ccccc4)cc3)CCCCC2)cc1. The number of para-hydroxylation sites is 1. The second-order valence-corrected chi connectivity index (χ2v) is 9.03. The number of carbonyl (C=O) groups excluding carboxylic acids is 1. The van der Waals surface area contributed by atoms with Crippen LogP contribution >= 0.6 is 0 Å². The van der Waals surface area contributed by atoms with E-state index in [2.05, 4.69) is 10.6 Å². The van der Waals surface area contributed by atoms with Crippen molar-refractivity contribution in [3.8, 4) is 23.0 Å². The summed E-state index contributed by atoms with van der Waals surface area (Å²) in [6, 6.07) is 24.8. The van der Waals surface area contributed by atoms with Crippen molar-refractivity contribution in [1.82, 2.24) is 5.32 Å². The van der Waals surface area contributed by atoms with Crippen LogP contribution in [0.15, 0.2) is 78.9 Å². The van der Waals surface area contributed by atoms with Crippen molar-refractivity contribution in [1.29, 1.82) is 0 Å². The fourth-order valence-corrected chi connectivity index (χ4v) is 4.31. The van der Waals surface area contributed by atoms with Crippen LogP contribution in [-0.2, 0) is 4.79 Å². The molecule has 1 fully saturated rings. The van der Waals surface area contributed by atoms with Gasteiger partial charge in [-0.3, -0.25) is 4.79 Å². The molecule has 0 heterocycles. The second kappa shape index (κ2) is 11.6. The number of benzene rings is 3. The van der Waals surface area contributed by atoms with Gasteiger partial charge >= 0.3 is 0 Å². The molecule has 0 unspecified atom stereocenters. The van der Waals surface area contributed by atoms with Gasteiger partial charge in [0.25, 0.3) is 5.91 Å². The summed E-state index contributed by atoms with van der Waals surface area (Å²) < 4.78 is 17.5. The van der Waals surface area contributed by atoms with Crippen LogP contribution in [0, 0.1) is 0 Å². The van der Waals surface area contributed by atoms with E-state index in [0.717, 1.165) is 42.2 Å². The first-order valence-corrected chi connectivity index (χ1v) is 12.3. The molecule has 1 atom stereocenters. The molecule has 4 rings (SSSR count). The van der Waals surface area contributed by atoms with Crippen molar-refractivity contribution in [2.45, 2.75) is 50.7 Å². The third-order valence-electron chi connectivity index (χ3n) is 6.27. The van der Waals surface area contributed by atoms with Crippen molar-refractivity contribution >= 4 is 11.6 Å². The van der Waals surface area contributed by atoms with Crippen LogP contribution in [0.2, 0.25) is 0 Å². The highest BCUT2D eigenvalue weighted by Gasteiger charge is 2.42. The fraction of sp³-hybridized carbons (Fsp3) is 0.345. The molecular formula is C29H34N2O4. The highest BCUT2D eigenvalue weighted by Crippen LogP contribution is 2.34. The molecule has 0 spiro atoms. The number of hydrogen-bond donors (Lipinski definition) is 2. The van der Waals surface area contributed by atoms with E-state index in [-0.39, 0.29) is 11.9 Å². The van der Waals surface area contributed by atoms with Crippen molar-refractivity contribution in [3.05, 3.63) is 78.9 Å². The summed E-state index contributed by atoms with van der Waals surface area (Å²) in [6.07, 6.45) is 4.48. The summed E-state index contributed by atoms with van der Waals surface area (Å²) in [5, 5.41) is 6.54. The summed E-state index contributed by atoms with van der Waals surface area (Å²) in [5.74, 6) is 2.94. The van der Waals surface area contributed by atoms with E-state index in [1.165, 1.54) is 0 Å². The number of amides is 1. The quantitative estimate of drug-likeness (QED) is 0.367. The lowest BCUT2D eigenvalue weighted by Gasteiger charge is -2.37. The lowest BCUT2D eigenvalue weighted by Crippen LogP contribution is -2.55. The molecule has 3 aromatic rings. The van der Waals surface area contributed by atoms with E-state index in [9.17, 15) is 4.79 Å². The molecular weight excluding hydrogens is 440 g/mol. The lowest BCUT2D eigenvalue weighted by molar-refractivity contribution is -0.140. The summed E-state index contributed by atoms with van der Waals surface area (Å²) in [7, 11) is 1.65. The van der Waals surface area contributed by atoms with E-state index in [0.29, 0.717) is 25.1 Å². The first-order valence-electron chi connectivity index (χ1n) is 12.3. The molecule has 1 amide bonds. The molecule has 1 aliphatic carbocycles. The van der Waals surface area contributed by atoms with Gasteiger partial charge in [0.1, 0.15) is 23.0 Å². The Morgan fingerprint density at radius 3 is 2.09 bits per heavy atom. The Labute approximate surface area is 207 Å². The number of rotatable bonds is 10. The van der Waals surface area contributed by atoms with E-state index in [1.54, 1.807) is 7.11 Å². The molecule has 1 saturated carbocycles. The molecule has 6 nitrogen and oxygen atoms in total. The Bertz CT molecular complexity index is 1060. The van der Waals surface area contributed by atoms with Crippen molar-refractivity contribution in [3.63, 3.8) is 0 Å². The first-order chi connectivity index (χ1) is 17.1. The molecule has 0 radical (unpaired) electrons. The van der Waals surface area contributed by atoms with Gasteiger partial charge in [0.05, 0.1) is 7.11 Å². The van der Waals surface area contributed by atoms with Crippen LogP contribution in [0.5, 0.6) is 23.0 Å². The molecule has 35 heavy (non-hydrogen) atoms. The maximum absolute atomic E-state index is 13.4. The normalized spacial score (nSPS) is 15.5. The maximum Gasteiger partial charge on any atom is 0.264 e. The Balaban J connectivity index is 1.36. The summed E-state index contributed by atoms with van der Waals surface area (Å²) in [6.45, 7) is 2.61. The summed E-state index contributed by atoms with van der Waals surface area (Å²) in [4.78, 5) is 13.4. The minimum atomic E-state index is -0.853. The molecule has 0 aliphatic heterocycles. The van der Waals surface area contributed by atoms with Crippen LogP contribution in [-0.4, -0.2) is 31.2 Å². The zero-order chi connectivity index (χ0) is 24.5. The highest BCUT2D eigenvalue weighted by atomic mass is 16.5. The van der Waals surface area contributed by atoms with Crippen LogP contribution in [0.3, 0.4) is 0 Å². The molecule has 0 aromatic heterocycles. The Hall–Kier alpha value is -3.67. The predicted molar refractivity (Wildman–Crippen MR) is 138 cm³/mol. The minimum absolute atomic E-state index is 0.0501. The number of ether oxygens (including phenoxy) is 3. The molecule has 0 bridgehead atoms. The number of carbonyl (C=O) groups is 1. The van der Waals surface area contributed by atoms with Gasteiger partial charge in [-0.2, -0.15) is 0 Å². The van der Waals surface area contributed by atoms with Crippen LogP contribution in [0.1, 0.15) is 39.0 Å². The zero-order valence-corrected chi connectivity index (χ0v) is 20.5. The van der Waals surface area contributed by atoms with Gasteiger partial charge in [-0.15, -0.1) is 0 Å². The number of anilines is 1. The van der Waals surface area contributed by atoms with Crippen molar-refractivity contribution < 1.29 is 19.0 Å². The van der Waals surface area contributed by atoms with E-state index >= 15 is 0 Å². The van der Waals surface area contributed by atoms with Gasteiger partial charge < -0.3 is 24.8 Å². The largest absolute Gasteiger partial charge is 0.497 e. The van der Waals surface area contributed by atoms with Crippen molar-refractivity contribution in [2.75, 3.05) is 19.0 Å². The minimum Gasteiger partial charge on any atom is -0.497 e. The Kier molecular flexibility index (Phi) is 8.14. The molecule has 1 aliphatic rings. The highest BCUT2D eigenvalue weighted by molar-refractivity contribution is 5.86. The number of nitrogens with one attached hydrogen (secondary N) is 2. The summed E-state index contributed by atoms with van der Waals surface area (Å²) in [5.41, 5.74) is 0.127. The van der Waals surface area contributed by atoms with Crippen LogP contribution in [0.25, 0.3) is 0 Å². The molecule has 0 saturated heterocycles. The zero-order valence-electron chi connectivity index (χ0n) is 20.5. The molecule has 6 heteroatoms. The fourth-order valence-electron chi connectivity index (χ4n) is 4.31. The van der Waals surface area contributed by atoms with Gasteiger partial charge in [0, 0.05) is 18.3 Å². The van der Waals surface area contributed by atoms with Gasteiger partial charge in [0.2, 0.25) is 0 Å². The van der Waals surface area contributed by atoms with Gasteiger partial charge in [-0.1, -0.05) is 24.6 Å². The van der Waals surface area contributed by atoms with E-state index in [4.69, 9.17) is 14.2 Å². The van der Waals surface area contributed by atoms with Gasteiger partial charge in [0.15, 0.2) is 5.60 Å². The molecule has 3 aromatic carbocycles. The third-order valence-corrected chi connectivity index (χ3v) is 6.27. The van der Waals surface area contributed by atoms with E-state index < -0.39 is 5.60 Å². The smallest absolute Gasteiger partial charge is 0.264 e. The second-order valence-electron chi connectivity index (χ2n) is 9.03. The van der Waals surface area contributed by atoms with Gasteiger partial charge in [-0.25, -0.2) is 0 Å². The third kappa shape index (κ3) is 6.69. The van der Waals surface area contributed by atoms with Gasteiger partial charge in [-0.05, 0) is 93.3 Å². The topological polar surface area (TPSA) is 68.8 Å². The first kappa shape index (κ1) is 24.5. The lowest BCUT2D eigenvalue weighted by atomic mass is 9.83. The average molecular weight is 475 g/mol. The Morgan fingerprint density at radius 2 is 1.43 bits per heavy atom. The summed E-state index contributed by atoms with van der Waals surface area (Å²) >= 11 is 0. The maximum atomic E-state index is 13.4. The van der Waals surface area contributed by atoms with Crippen molar-refractivity contribution in [2.24, 2.45) is 0 Å². The Morgan fingerprint density at radius 1 is 0.829 bits per heavy atom. The van der Waals surface area contributed by atoms with E-state index in [1.807, 2.05) is 85.8 Å². The average Bonchev–Trinajstić information content (AvgIpc) is 2.90. The monoisotopic (exact) mass is 474 g/mol. The number of methoxy groups -OCH3 is 1. The molecule has 184 valence electrons. The standard InChI is InChI=1S/C29H34N2O4/c1-22(21-30-23-11-13-24(33-2)14-12-23)31-28(32)29(19-7-4-8-20-29)35-27-17-15-26(16-18-27)34-25-9-5-3-6-10-25/h3,5-6,9-18,22,30H,4,7-8,19-21H2,1-2H3,(H,31,32)/t22-/m0/s1. The predicted octanol–water partition coefficient (Wildman–Crippen LogP) is 6.19.